The fourth-order valence-electron chi connectivity index (χ4n) is 5.57. The zero-order valence-corrected chi connectivity index (χ0v) is 17.1. The molecule has 2 saturated carbocycles. The topological polar surface area (TPSA) is 0 Å². The SMILES string of the molecule is CCC[C@H]1CC[C@@](CCc2ccc(Br)cc2)(C2CCCCC2)CC1. The second-order valence-electron chi connectivity index (χ2n) is 8.56. The predicted molar refractivity (Wildman–Crippen MR) is 108 cm³/mol. The van der Waals surface area contributed by atoms with Crippen LogP contribution in [-0.2, 0) is 6.42 Å². The van der Waals surface area contributed by atoms with Crippen LogP contribution >= 0.6 is 15.9 Å². The molecule has 0 aliphatic heterocycles. The summed E-state index contributed by atoms with van der Waals surface area (Å²) < 4.78 is 1.20. The zero-order chi connectivity index (χ0) is 16.8. The summed E-state index contributed by atoms with van der Waals surface area (Å²) in [6.07, 6.45) is 19.1. The van der Waals surface area contributed by atoms with Crippen molar-refractivity contribution in [2.45, 2.75) is 90.4 Å². The molecule has 0 radical (unpaired) electrons. The van der Waals surface area contributed by atoms with E-state index in [1.165, 1.54) is 93.5 Å². The number of rotatable bonds is 6. The fraction of sp³-hybridized carbons (Fsp3) is 0.739. The Kier molecular flexibility index (Phi) is 6.84. The fourth-order valence-corrected chi connectivity index (χ4v) is 5.84. The van der Waals surface area contributed by atoms with Gasteiger partial charge in [-0.15, -0.1) is 0 Å². The van der Waals surface area contributed by atoms with Crippen molar-refractivity contribution in [2.75, 3.05) is 0 Å². The average molecular weight is 391 g/mol. The molecule has 0 bridgehead atoms. The summed E-state index contributed by atoms with van der Waals surface area (Å²) in [5.74, 6) is 2.05. The summed E-state index contributed by atoms with van der Waals surface area (Å²) in [5.41, 5.74) is 2.20. The molecule has 0 amide bonds. The quantitative estimate of drug-likeness (QED) is 0.462. The molecule has 0 aromatic heterocycles. The monoisotopic (exact) mass is 390 g/mol. The molecule has 134 valence electrons. The second kappa shape index (κ2) is 8.88. The summed E-state index contributed by atoms with van der Waals surface area (Å²) in [4.78, 5) is 0. The van der Waals surface area contributed by atoms with Crippen LogP contribution < -0.4 is 0 Å². The third-order valence-corrected chi connectivity index (χ3v) is 7.62. The van der Waals surface area contributed by atoms with E-state index in [4.69, 9.17) is 0 Å². The summed E-state index contributed by atoms with van der Waals surface area (Å²) in [5, 5.41) is 0. The molecular weight excluding hydrogens is 356 g/mol. The Labute approximate surface area is 157 Å². The molecule has 0 heterocycles. The van der Waals surface area contributed by atoms with Crippen LogP contribution in [0.25, 0.3) is 0 Å². The lowest BCUT2D eigenvalue weighted by atomic mass is 9.58. The van der Waals surface area contributed by atoms with Crippen molar-refractivity contribution in [3.63, 3.8) is 0 Å². The predicted octanol–water partition coefficient (Wildman–Crippen LogP) is 7.94. The molecule has 2 aliphatic carbocycles. The molecule has 1 aromatic carbocycles. The molecule has 0 unspecified atom stereocenters. The highest BCUT2D eigenvalue weighted by atomic mass is 79.9. The van der Waals surface area contributed by atoms with Crippen molar-refractivity contribution in [1.29, 1.82) is 0 Å². The smallest absolute Gasteiger partial charge is 0.0175 e. The highest BCUT2D eigenvalue weighted by Crippen LogP contribution is 2.52. The Morgan fingerprint density at radius 2 is 1.62 bits per heavy atom. The van der Waals surface area contributed by atoms with Gasteiger partial charge >= 0.3 is 0 Å². The average Bonchev–Trinajstić information content (AvgIpc) is 2.64. The van der Waals surface area contributed by atoms with Gasteiger partial charge in [-0.2, -0.15) is 0 Å². The summed E-state index contributed by atoms with van der Waals surface area (Å²) >= 11 is 3.57. The van der Waals surface area contributed by atoms with Crippen molar-refractivity contribution in [1.82, 2.24) is 0 Å². The van der Waals surface area contributed by atoms with Crippen LogP contribution in [0.5, 0.6) is 0 Å². The Morgan fingerprint density at radius 3 is 2.25 bits per heavy atom. The highest BCUT2D eigenvalue weighted by Gasteiger charge is 2.41. The molecule has 1 heteroatoms. The summed E-state index contributed by atoms with van der Waals surface area (Å²) in [6, 6.07) is 9.06. The highest BCUT2D eigenvalue weighted by molar-refractivity contribution is 9.10. The Hall–Kier alpha value is -0.300. The molecule has 2 aliphatic rings. The number of aryl methyl sites for hydroxylation is 1. The number of halogens is 1. The Bertz CT molecular complexity index is 475. The summed E-state index contributed by atoms with van der Waals surface area (Å²) in [7, 11) is 0. The molecule has 0 saturated heterocycles. The van der Waals surface area contributed by atoms with Gasteiger partial charge in [-0.1, -0.05) is 67.1 Å². The van der Waals surface area contributed by atoms with Gasteiger partial charge in [-0.05, 0) is 86.3 Å². The first-order valence-electron chi connectivity index (χ1n) is 10.5. The van der Waals surface area contributed by atoms with Gasteiger partial charge < -0.3 is 0 Å². The lowest BCUT2D eigenvalue weighted by Gasteiger charge is -2.47. The first kappa shape index (κ1) is 18.5. The lowest BCUT2D eigenvalue weighted by Crippen LogP contribution is -2.36. The minimum atomic E-state index is 0.664. The van der Waals surface area contributed by atoms with Gasteiger partial charge in [0.05, 0.1) is 0 Å². The minimum Gasteiger partial charge on any atom is -0.0654 e. The van der Waals surface area contributed by atoms with Gasteiger partial charge in [-0.25, -0.2) is 0 Å². The first-order valence-corrected chi connectivity index (χ1v) is 11.3. The van der Waals surface area contributed by atoms with Gasteiger partial charge in [-0.3, -0.25) is 0 Å². The van der Waals surface area contributed by atoms with Crippen LogP contribution in [0.2, 0.25) is 0 Å². The van der Waals surface area contributed by atoms with E-state index in [1.807, 2.05) is 0 Å². The van der Waals surface area contributed by atoms with Gasteiger partial charge in [0.15, 0.2) is 0 Å². The van der Waals surface area contributed by atoms with Crippen molar-refractivity contribution < 1.29 is 0 Å². The molecule has 24 heavy (non-hydrogen) atoms. The van der Waals surface area contributed by atoms with Crippen molar-refractivity contribution in [3.8, 4) is 0 Å². The van der Waals surface area contributed by atoms with Crippen LogP contribution in [0.1, 0.15) is 89.5 Å². The molecule has 0 atom stereocenters. The van der Waals surface area contributed by atoms with E-state index in [0.29, 0.717) is 5.41 Å². The minimum absolute atomic E-state index is 0.664. The van der Waals surface area contributed by atoms with E-state index in [9.17, 15) is 0 Å². The van der Waals surface area contributed by atoms with E-state index < -0.39 is 0 Å². The van der Waals surface area contributed by atoms with E-state index >= 15 is 0 Å². The molecule has 0 nitrogen and oxygen atoms in total. The summed E-state index contributed by atoms with van der Waals surface area (Å²) in [6.45, 7) is 2.36. The number of benzene rings is 1. The normalized spacial score (nSPS) is 28.8. The number of hydrogen-bond donors (Lipinski definition) is 0. The van der Waals surface area contributed by atoms with Crippen molar-refractivity contribution in [2.24, 2.45) is 17.3 Å². The Morgan fingerprint density at radius 1 is 0.958 bits per heavy atom. The molecule has 1 aromatic rings. The van der Waals surface area contributed by atoms with Crippen LogP contribution in [0, 0.1) is 17.3 Å². The van der Waals surface area contributed by atoms with Gasteiger partial charge in [0.25, 0.3) is 0 Å². The maximum Gasteiger partial charge on any atom is 0.0175 e. The third-order valence-electron chi connectivity index (χ3n) is 7.09. The first-order chi connectivity index (χ1) is 11.7. The van der Waals surface area contributed by atoms with Crippen LogP contribution in [-0.4, -0.2) is 0 Å². The van der Waals surface area contributed by atoms with Crippen molar-refractivity contribution >= 4 is 15.9 Å². The number of hydrogen-bond acceptors (Lipinski definition) is 0. The van der Waals surface area contributed by atoms with Crippen molar-refractivity contribution in [3.05, 3.63) is 34.3 Å². The van der Waals surface area contributed by atoms with Gasteiger partial charge in [0.2, 0.25) is 0 Å². The zero-order valence-electron chi connectivity index (χ0n) is 15.5. The molecule has 0 N–H and O–H groups in total. The van der Waals surface area contributed by atoms with Crippen LogP contribution in [0.3, 0.4) is 0 Å². The second-order valence-corrected chi connectivity index (χ2v) is 9.47. The van der Waals surface area contributed by atoms with Crippen LogP contribution in [0.4, 0.5) is 0 Å². The standard InChI is InChI=1S/C23H35Br/c1-2-6-19-13-16-23(17-14-19,21-7-4-3-5-8-21)18-15-20-9-11-22(24)12-10-20/h9-12,19,21H,2-8,13-18H2,1H3/t19-,23+. The van der Waals surface area contributed by atoms with Gasteiger partial charge in [0, 0.05) is 4.47 Å². The third kappa shape index (κ3) is 4.65. The Balaban J connectivity index is 1.66. The molecule has 3 rings (SSSR count). The molecule has 2 fully saturated rings. The largest absolute Gasteiger partial charge is 0.0654 e. The van der Waals surface area contributed by atoms with Gasteiger partial charge in [0.1, 0.15) is 0 Å². The maximum atomic E-state index is 3.57. The van der Waals surface area contributed by atoms with E-state index in [0.717, 1.165) is 11.8 Å². The van der Waals surface area contributed by atoms with E-state index in [1.54, 1.807) is 0 Å². The van der Waals surface area contributed by atoms with E-state index in [2.05, 4.69) is 47.1 Å². The lowest BCUT2D eigenvalue weighted by molar-refractivity contribution is 0.0382. The molecule has 0 spiro atoms. The maximum absolute atomic E-state index is 3.57. The van der Waals surface area contributed by atoms with Crippen LogP contribution in [0.15, 0.2) is 28.7 Å². The molecular formula is C23H35Br. The van der Waals surface area contributed by atoms with E-state index in [-0.39, 0.29) is 0 Å².